The smallest absolute Gasteiger partial charge is 0.321 e. The van der Waals surface area contributed by atoms with E-state index in [1.165, 1.54) is 0 Å². The Bertz CT molecular complexity index is 799. The minimum absolute atomic E-state index is 0.0680. The standard InChI is InChI=1S/C17H19F3N4O/c1-9(2)11-7-16(21,12-6-4-3-5-10(11)12)15(25)23-13-8-22-24-14(13)17(18,19)20/h3-6,8-9,11H,7,21H2,1-2H3,(H,22,24)(H,23,25). The van der Waals surface area contributed by atoms with E-state index in [0.29, 0.717) is 12.0 Å². The first-order chi connectivity index (χ1) is 11.6. The number of benzene rings is 1. The van der Waals surface area contributed by atoms with E-state index in [0.717, 1.165) is 11.8 Å². The van der Waals surface area contributed by atoms with Crippen molar-refractivity contribution < 1.29 is 18.0 Å². The van der Waals surface area contributed by atoms with E-state index in [1.807, 2.05) is 31.1 Å². The molecule has 2 aromatic rings. The highest BCUT2D eigenvalue weighted by atomic mass is 19.4. The molecule has 0 aliphatic heterocycles. The van der Waals surface area contributed by atoms with Gasteiger partial charge in [-0.2, -0.15) is 18.3 Å². The molecule has 3 rings (SSSR count). The molecule has 134 valence electrons. The van der Waals surface area contributed by atoms with Gasteiger partial charge >= 0.3 is 6.18 Å². The first kappa shape index (κ1) is 17.5. The number of rotatable bonds is 3. The van der Waals surface area contributed by atoms with Crippen LogP contribution >= 0.6 is 0 Å². The number of alkyl halides is 3. The van der Waals surface area contributed by atoms with Crippen LogP contribution in [0.1, 0.15) is 43.0 Å². The van der Waals surface area contributed by atoms with Crippen molar-refractivity contribution in [2.45, 2.75) is 37.9 Å². The lowest BCUT2D eigenvalue weighted by molar-refractivity contribution is -0.140. The second-order valence-electron chi connectivity index (χ2n) is 6.72. The van der Waals surface area contributed by atoms with Crippen molar-refractivity contribution in [1.82, 2.24) is 10.2 Å². The number of amides is 1. The van der Waals surface area contributed by atoms with Crippen LogP contribution in [-0.4, -0.2) is 16.1 Å². The summed E-state index contributed by atoms with van der Waals surface area (Å²) in [6.07, 6.45) is -3.37. The molecule has 1 amide bonds. The van der Waals surface area contributed by atoms with E-state index in [1.54, 1.807) is 12.1 Å². The third kappa shape index (κ3) is 2.90. The molecule has 25 heavy (non-hydrogen) atoms. The van der Waals surface area contributed by atoms with E-state index in [-0.39, 0.29) is 11.8 Å². The molecule has 8 heteroatoms. The molecule has 2 atom stereocenters. The molecule has 0 bridgehead atoms. The maximum absolute atomic E-state index is 13.0. The highest BCUT2D eigenvalue weighted by Crippen LogP contribution is 2.47. The van der Waals surface area contributed by atoms with Gasteiger partial charge in [-0.25, -0.2) is 0 Å². The number of hydrogen-bond acceptors (Lipinski definition) is 3. The monoisotopic (exact) mass is 352 g/mol. The fourth-order valence-electron chi connectivity index (χ4n) is 3.43. The number of anilines is 1. The molecule has 1 aliphatic carbocycles. The van der Waals surface area contributed by atoms with Crippen LogP contribution < -0.4 is 11.1 Å². The molecule has 0 saturated heterocycles. The molecule has 1 aromatic heterocycles. The topological polar surface area (TPSA) is 83.8 Å². The molecular formula is C17H19F3N4O. The van der Waals surface area contributed by atoms with Gasteiger partial charge < -0.3 is 11.1 Å². The maximum atomic E-state index is 13.0. The van der Waals surface area contributed by atoms with Crippen LogP contribution in [0.25, 0.3) is 0 Å². The molecule has 5 nitrogen and oxygen atoms in total. The van der Waals surface area contributed by atoms with Gasteiger partial charge in [0, 0.05) is 0 Å². The number of carbonyl (C=O) groups is 1. The summed E-state index contributed by atoms with van der Waals surface area (Å²) in [4.78, 5) is 12.8. The van der Waals surface area contributed by atoms with E-state index in [2.05, 4.69) is 10.4 Å². The minimum atomic E-state index is -4.64. The summed E-state index contributed by atoms with van der Waals surface area (Å²) in [6, 6.07) is 7.32. The molecule has 0 fully saturated rings. The fraction of sp³-hybridized carbons (Fsp3) is 0.412. The highest BCUT2D eigenvalue weighted by molar-refractivity contribution is 6.00. The zero-order chi connectivity index (χ0) is 18.4. The van der Waals surface area contributed by atoms with E-state index < -0.39 is 29.0 Å². The molecule has 1 heterocycles. The highest BCUT2D eigenvalue weighted by Gasteiger charge is 2.47. The van der Waals surface area contributed by atoms with Gasteiger partial charge in [0.15, 0.2) is 5.69 Å². The van der Waals surface area contributed by atoms with Crippen molar-refractivity contribution in [3.05, 3.63) is 47.3 Å². The summed E-state index contributed by atoms with van der Waals surface area (Å²) in [5, 5.41) is 7.55. The number of nitrogens with one attached hydrogen (secondary N) is 2. The fourth-order valence-corrected chi connectivity index (χ4v) is 3.43. The average molecular weight is 352 g/mol. The summed E-state index contributed by atoms with van der Waals surface area (Å²) in [5.74, 6) is -0.354. The number of hydrogen-bond donors (Lipinski definition) is 3. The van der Waals surface area contributed by atoms with E-state index >= 15 is 0 Å². The van der Waals surface area contributed by atoms with Gasteiger partial charge in [0.1, 0.15) is 5.54 Å². The van der Waals surface area contributed by atoms with Crippen molar-refractivity contribution in [1.29, 1.82) is 0 Å². The van der Waals surface area contributed by atoms with Gasteiger partial charge in [-0.15, -0.1) is 0 Å². The molecule has 0 saturated carbocycles. The first-order valence-corrected chi connectivity index (χ1v) is 7.95. The Labute approximate surface area is 142 Å². The van der Waals surface area contributed by atoms with Crippen LogP contribution in [-0.2, 0) is 16.5 Å². The first-order valence-electron chi connectivity index (χ1n) is 7.95. The Morgan fingerprint density at radius 1 is 1.40 bits per heavy atom. The summed E-state index contributed by atoms with van der Waals surface area (Å²) < 4.78 is 38.9. The summed E-state index contributed by atoms with van der Waals surface area (Å²) in [5.41, 5.74) is 5.11. The zero-order valence-corrected chi connectivity index (χ0v) is 13.8. The van der Waals surface area contributed by atoms with Crippen LogP contribution in [0.2, 0.25) is 0 Å². The van der Waals surface area contributed by atoms with Crippen LogP contribution in [0.15, 0.2) is 30.5 Å². The number of aromatic nitrogens is 2. The van der Waals surface area contributed by atoms with Crippen molar-refractivity contribution >= 4 is 11.6 Å². The number of nitrogens with zero attached hydrogens (tertiary/aromatic N) is 1. The Morgan fingerprint density at radius 2 is 2.08 bits per heavy atom. The van der Waals surface area contributed by atoms with Gasteiger partial charge in [-0.05, 0) is 29.4 Å². The SMILES string of the molecule is CC(C)C1CC(N)(C(=O)Nc2cn[nH]c2C(F)(F)F)c2ccccc21. The Hall–Kier alpha value is -2.35. The molecule has 0 spiro atoms. The second-order valence-corrected chi connectivity index (χ2v) is 6.72. The Morgan fingerprint density at radius 3 is 2.72 bits per heavy atom. The normalized spacial score (nSPS) is 22.9. The van der Waals surface area contributed by atoms with Crippen molar-refractivity contribution in [2.75, 3.05) is 5.32 Å². The van der Waals surface area contributed by atoms with Gasteiger partial charge in [-0.1, -0.05) is 38.1 Å². The molecule has 1 aromatic carbocycles. The third-order valence-corrected chi connectivity index (χ3v) is 4.76. The van der Waals surface area contributed by atoms with E-state index in [4.69, 9.17) is 5.73 Å². The van der Waals surface area contributed by atoms with Crippen LogP contribution in [0, 0.1) is 5.92 Å². The quantitative estimate of drug-likeness (QED) is 0.792. The lowest BCUT2D eigenvalue weighted by atomic mass is 9.87. The number of carbonyl (C=O) groups excluding carboxylic acids is 1. The Balaban J connectivity index is 1.94. The largest absolute Gasteiger partial charge is 0.434 e. The van der Waals surface area contributed by atoms with Crippen LogP contribution in [0.4, 0.5) is 18.9 Å². The predicted molar refractivity (Wildman–Crippen MR) is 86.7 cm³/mol. The number of nitrogens with two attached hydrogens (primary N) is 1. The van der Waals surface area contributed by atoms with Crippen LogP contribution in [0.5, 0.6) is 0 Å². The van der Waals surface area contributed by atoms with Gasteiger partial charge in [-0.3, -0.25) is 9.89 Å². The lowest BCUT2D eigenvalue weighted by Gasteiger charge is -2.25. The summed E-state index contributed by atoms with van der Waals surface area (Å²) in [7, 11) is 0. The zero-order valence-electron chi connectivity index (χ0n) is 13.8. The third-order valence-electron chi connectivity index (χ3n) is 4.76. The molecular weight excluding hydrogens is 333 g/mol. The van der Waals surface area contributed by atoms with Crippen LogP contribution in [0.3, 0.4) is 0 Å². The summed E-state index contributed by atoms with van der Waals surface area (Å²) >= 11 is 0. The van der Waals surface area contributed by atoms with Gasteiger partial charge in [0.05, 0.1) is 11.9 Å². The van der Waals surface area contributed by atoms with Gasteiger partial charge in [0.25, 0.3) is 0 Å². The Kier molecular flexibility index (Phi) is 4.10. The molecule has 2 unspecified atom stereocenters. The summed E-state index contributed by atoms with van der Waals surface area (Å²) in [6.45, 7) is 4.06. The molecule has 0 radical (unpaired) electrons. The molecule has 4 N–H and O–H groups in total. The maximum Gasteiger partial charge on any atom is 0.434 e. The van der Waals surface area contributed by atoms with Crippen molar-refractivity contribution in [3.8, 4) is 0 Å². The lowest BCUT2D eigenvalue weighted by Crippen LogP contribution is -2.47. The number of fused-ring (bicyclic) bond motifs is 1. The second kappa shape index (κ2) is 5.87. The van der Waals surface area contributed by atoms with Crippen molar-refractivity contribution in [3.63, 3.8) is 0 Å². The van der Waals surface area contributed by atoms with Gasteiger partial charge in [0.2, 0.25) is 5.91 Å². The number of H-pyrrole nitrogens is 1. The predicted octanol–water partition coefficient (Wildman–Crippen LogP) is 3.36. The molecule has 1 aliphatic rings. The minimum Gasteiger partial charge on any atom is -0.321 e. The van der Waals surface area contributed by atoms with E-state index in [9.17, 15) is 18.0 Å². The van der Waals surface area contributed by atoms with Crippen molar-refractivity contribution in [2.24, 2.45) is 11.7 Å². The number of halogens is 3. The number of aromatic amines is 1. The average Bonchev–Trinajstić information content (AvgIpc) is 3.11.